The molecule has 1 aromatic carbocycles. The Balaban J connectivity index is 2.19. The lowest BCUT2D eigenvalue weighted by Crippen LogP contribution is -2.03. The molecule has 0 radical (unpaired) electrons. The maximum Gasteiger partial charge on any atom is 0.142 e. The van der Waals surface area contributed by atoms with E-state index in [0.29, 0.717) is 28.9 Å². The molecule has 0 unspecified atom stereocenters. The monoisotopic (exact) mass is 282 g/mol. The van der Waals surface area contributed by atoms with E-state index in [9.17, 15) is 0 Å². The predicted octanol–water partition coefficient (Wildman–Crippen LogP) is 3.43. The summed E-state index contributed by atoms with van der Waals surface area (Å²) in [6.45, 7) is 0.739. The first-order valence-electron chi connectivity index (χ1n) is 5.40. The van der Waals surface area contributed by atoms with E-state index in [0.717, 1.165) is 11.1 Å². The molecule has 0 bridgehead atoms. The molecule has 94 valence electrons. The summed E-state index contributed by atoms with van der Waals surface area (Å²) in [6, 6.07) is 7.16. The molecule has 0 aliphatic heterocycles. The Kier molecular flexibility index (Phi) is 4.42. The van der Waals surface area contributed by atoms with E-state index in [4.69, 9.17) is 33.7 Å². The highest BCUT2D eigenvalue weighted by Crippen LogP contribution is 2.32. The maximum atomic E-state index is 6.10. The zero-order valence-corrected chi connectivity index (χ0v) is 11.1. The summed E-state index contributed by atoms with van der Waals surface area (Å²) < 4.78 is 5.70. The minimum atomic E-state index is 0.325. The van der Waals surface area contributed by atoms with Gasteiger partial charge in [-0.3, -0.25) is 4.98 Å². The fraction of sp³-hybridized carbons (Fsp3) is 0.154. The van der Waals surface area contributed by atoms with Gasteiger partial charge >= 0.3 is 0 Å². The third-order valence-corrected chi connectivity index (χ3v) is 2.94. The number of ether oxygens (including phenoxy) is 1. The smallest absolute Gasteiger partial charge is 0.142 e. The molecule has 3 nitrogen and oxygen atoms in total. The number of pyridine rings is 1. The van der Waals surface area contributed by atoms with Crippen LogP contribution in [0.1, 0.15) is 11.1 Å². The van der Waals surface area contributed by atoms with E-state index in [1.54, 1.807) is 24.5 Å². The lowest BCUT2D eigenvalue weighted by Gasteiger charge is -2.12. The van der Waals surface area contributed by atoms with Crippen molar-refractivity contribution in [1.29, 1.82) is 0 Å². The van der Waals surface area contributed by atoms with E-state index in [2.05, 4.69) is 4.98 Å². The van der Waals surface area contributed by atoms with Crippen molar-refractivity contribution in [2.75, 3.05) is 0 Å². The predicted molar refractivity (Wildman–Crippen MR) is 72.9 cm³/mol. The Morgan fingerprint density at radius 1 is 1.17 bits per heavy atom. The Bertz CT molecular complexity index is 532. The average Bonchev–Trinajstić information content (AvgIpc) is 2.38. The van der Waals surface area contributed by atoms with Crippen LogP contribution in [0.15, 0.2) is 36.7 Å². The summed E-state index contributed by atoms with van der Waals surface area (Å²) in [5.41, 5.74) is 7.46. The summed E-state index contributed by atoms with van der Waals surface area (Å²) >= 11 is 12.0. The van der Waals surface area contributed by atoms with Gasteiger partial charge in [0.15, 0.2) is 0 Å². The van der Waals surface area contributed by atoms with Crippen LogP contribution in [0.5, 0.6) is 5.75 Å². The van der Waals surface area contributed by atoms with Gasteiger partial charge in [0, 0.05) is 29.5 Å². The summed E-state index contributed by atoms with van der Waals surface area (Å²) in [4.78, 5) is 3.94. The molecule has 2 aromatic rings. The van der Waals surface area contributed by atoms with Gasteiger partial charge in [0.05, 0.1) is 5.02 Å². The van der Waals surface area contributed by atoms with Gasteiger partial charge in [-0.2, -0.15) is 0 Å². The average molecular weight is 283 g/mol. The van der Waals surface area contributed by atoms with E-state index >= 15 is 0 Å². The standard InChI is InChI=1S/C13H12Cl2N2O/c14-11-5-10(7-16)13(12(15)6-11)18-8-9-1-3-17-4-2-9/h1-6H,7-8,16H2. The summed E-state index contributed by atoms with van der Waals surface area (Å²) in [5.74, 6) is 0.584. The maximum absolute atomic E-state index is 6.10. The molecule has 5 heteroatoms. The Hall–Kier alpha value is -1.29. The second-order valence-electron chi connectivity index (χ2n) is 3.72. The molecule has 2 rings (SSSR count). The summed E-state index contributed by atoms with van der Waals surface area (Å²) in [7, 11) is 0. The number of halogens is 2. The Labute approximate surface area is 115 Å². The first kappa shape index (κ1) is 13.1. The van der Waals surface area contributed by atoms with Gasteiger partial charge in [-0.15, -0.1) is 0 Å². The number of benzene rings is 1. The van der Waals surface area contributed by atoms with Crippen molar-refractivity contribution in [3.63, 3.8) is 0 Å². The van der Waals surface area contributed by atoms with Crippen LogP contribution in [-0.2, 0) is 13.2 Å². The van der Waals surface area contributed by atoms with Gasteiger partial charge in [0.25, 0.3) is 0 Å². The normalized spacial score (nSPS) is 10.4. The first-order chi connectivity index (χ1) is 8.70. The fourth-order valence-corrected chi connectivity index (χ4v) is 2.15. The Morgan fingerprint density at radius 3 is 2.56 bits per heavy atom. The summed E-state index contributed by atoms with van der Waals surface area (Å²) in [5, 5.41) is 1.02. The third-order valence-electron chi connectivity index (χ3n) is 2.44. The van der Waals surface area contributed by atoms with Crippen LogP contribution in [0, 0.1) is 0 Å². The molecule has 0 aliphatic carbocycles. The molecule has 0 atom stereocenters. The minimum Gasteiger partial charge on any atom is -0.487 e. The van der Waals surface area contributed by atoms with Crippen LogP contribution in [-0.4, -0.2) is 4.98 Å². The minimum absolute atomic E-state index is 0.325. The van der Waals surface area contributed by atoms with Crippen LogP contribution in [0.2, 0.25) is 10.0 Å². The zero-order chi connectivity index (χ0) is 13.0. The zero-order valence-electron chi connectivity index (χ0n) is 9.57. The van der Waals surface area contributed by atoms with E-state index in [1.165, 1.54) is 0 Å². The lowest BCUT2D eigenvalue weighted by atomic mass is 10.2. The van der Waals surface area contributed by atoms with Crippen molar-refractivity contribution in [3.05, 3.63) is 57.8 Å². The molecule has 1 heterocycles. The van der Waals surface area contributed by atoms with Crippen molar-refractivity contribution in [2.24, 2.45) is 5.73 Å². The van der Waals surface area contributed by atoms with Crippen molar-refractivity contribution in [3.8, 4) is 5.75 Å². The topological polar surface area (TPSA) is 48.1 Å². The molecule has 0 saturated heterocycles. The SMILES string of the molecule is NCc1cc(Cl)cc(Cl)c1OCc1ccncc1. The highest BCUT2D eigenvalue weighted by Gasteiger charge is 2.09. The molecule has 0 fully saturated rings. The van der Waals surface area contributed by atoms with Crippen LogP contribution in [0.4, 0.5) is 0 Å². The number of nitrogens with zero attached hydrogens (tertiary/aromatic N) is 1. The second-order valence-corrected chi connectivity index (χ2v) is 4.57. The molecule has 0 saturated carbocycles. The Morgan fingerprint density at radius 2 is 1.89 bits per heavy atom. The van der Waals surface area contributed by atoms with Crippen LogP contribution in [0.25, 0.3) is 0 Å². The highest BCUT2D eigenvalue weighted by atomic mass is 35.5. The van der Waals surface area contributed by atoms with Crippen LogP contribution >= 0.6 is 23.2 Å². The van der Waals surface area contributed by atoms with Gasteiger partial charge in [-0.1, -0.05) is 23.2 Å². The number of aromatic nitrogens is 1. The molecule has 2 N–H and O–H groups in total. The molecule has 0 amide bonds. The van der Waals surface area contributed by atoms with Gasteiger partial charge in [-0.25, -0.2) is 0 Å². The van der Waals surface area contributed by atoms with Gasteiger partial charge < -0.3 is 10.5 Å². The van der Waals surface area contributed by atoms with Crippen molar-refractivity contribution < 1.29 is 4.74 Å². The first-order valence-corrected chi connectivity index (χ1v) is 6.16. The van der Waals surface area contributed by atoms with Crippen molar-refractivity contribution >= 4 is 23.2 Å². The van der Waals surface area contributed by atoms with Gasteiger partial charge in [0.2, 0.25) is 0 Å². The molecule has 0 aliphatic rings. The second kappa shape index (κ2) is 6.05. The van der Waals surface area contributed by atoms with Crippen LogP contribution in [0.3, 0.4) is 0 Å². The quantitative estimate of drug-likeness (QED) is 0.935. The van der Waals surface area contributed by atoms with E-state index in [1.807, 2.05) is 12.1 Å². The van der Waals surface area contributed by atoms with Crippen molar-refractivity contribution in [2.45, 2.75) is 13.2 Å². The summed E-state index contributed by atoms with van der Waals surface area (Å²) in [6.07, 6.45) is 3.43. The third kappa shape index (κ3) is 3.13. The lowest BCUT2D eigenvalue weighted by molar-refractivity contribution is 0.303. The van der Waals surface area contributed by atoms with Gasteiger partial charge in [-0.05, 0) is 29.8 Å². The molecule has 0 spiro atoms. The van der Waals surface area contributed by atoms with E-state index in [-0.39, 0.29) is 0 Å². The largest absolute Gasteiger partial charge is 0.487 e. The molecular weight excluding hydrogens is 271 g/mol. The van der Waals surface area contributed by atoms with E-state index < -0.39 is 0 Å². The molecule has 1 aromatic heterocycles. The number of nitrogens with two attached hydrogens (primary N) is 1. The van der Waals surface area contributed by atoms with Gasteiger partial charge in [0.1, 0.15) is 12.4 Å². The van der Waals surface area contributed by atoms with Crippen molar-refractivity contribution in [1.82, 2.24) is 4.98 Å². The molecule has 18 heavy (non-hydrogen) atoms. The number of hydrogen-bond acceptors (Lipinski definition) is 3. The molecular formula is C13H12Cl2N2O. The number of hydrogen-bond donors (Lipinski definition) is 1. The fourth-order valence-electron chi connectivity index (χ4n) is 1.56. The van der Waals surface area contributed by atoms with Crippen LogP contribution < -0.4 is 10.5 Å². The highest BCUT2D eigenvalue weighted by molar-refractivity contribution is 6.35. The number of rotatable bonds is 4.